The number of aromatic nitrogens is 2. The first-order valence-corrected chi connectivity index (χ1v) is 7.60. The van der Waals surface area contributed by atoms with Crippen LogP contribution in [0.2, 0.25) is 0 Å². The predicted molar refractivity (Wildman–Crippen MR) is 88.6 cm³/mol. The number of hydrogen-bond acceptors (Lipinski definition) is 4. The average molecular weight is 327 g/mol. The van der Waals surface area contributed by atoms with E-state index in [-0.39, 0.29) is 0 Å². The van der Waals surface area contributed by atoms with Gasteiger partial charge in [-0.1, -0.05) is 12.1 Å². The minimum atomic E-state index is -1.16. The Labute approximate surface area is 135 Å². The third-order valence-electron chi connectivity index (χ3n) is 3.07. The zero-order valence-electron chi connectivity index (χ0n) is 12.2. The van der Waals surface area contributed by atoms with Crippen molar-refractivity contribution in [3.05, 3.63) is 53.7 Å². The first-order valence-electron chi connectivity index (χ1n) is 6.79. The molecular weight excluding hydrogens is 314 g/mol. The predicted octanol–water partition coefficient (Wildman–Crippen LogP) is 2.95. The number of carbonyl (C=O) groups excluding carboxylic acids is 1. The maximum Gasteiger partial charge on any atom is 0.328 e. The molecule has 116 valence electrons. The van der Waals surface area contributed by atoms with E-state index in [4.69, 9.17) is 5.11 Å². The van der Waals surface area contributed by atoms with Crippen molar-refractivity contribution in [1.82, 2.24) is 9.38 Å². The number of carboxylic acid groups (broad SMARTS) is 1. The number of fused-ring (bicyclic) bond motifs is 1. The Morgan fingerprint density at radius 1 is 1.30 bits per heavy atom. The topological polar surface area (TPSA) is 83.7 Å². The lowest BCUT2D eigenvalue weighted by Crippen LogP contribution is -2.08. The number of aliphatic carboxylic acids is 1. The Hall–Kier alpha value is -2.93. The van der Waals surface area contributed by atoms with Crippen LogP contribution in [0.1, 0.15) is 4.88 Å². The molecule has 1 aromatic carbocycles. The third kappa shape index (κ3) is 3.46. The summed E-state index contributed by atoms with van der Waals surface area (Å²) < 4.78 is 1.97. The van der Waals surface area contributed by atoms with Crippen molar-refractivity contribution in [3.8, 4) is 11.3 Å². The van der Waals surface area contributed by atoms with Crippen molar-refractivity contribution in [2.24, 2.45) is 0 Å². The Balaban J connectivity index is 1.83. The number of imidazole rings is 1. The summed E-state index contributed by atoms with van der Waals surface area (Å²) in [5.41, 5.74) is 2.27. The monoisotopic (exact) mass is 327 g/mol. The van der Waals surface area contributed by atoms with E-state index in [1.165, 1.54) is 4.88 Å². The smallest absolute Gasteiger partial charge is 0.328 e. The number of nitrogens with zero attached hydrogens (tertiary/aromatic N) is 2. The quantitative estimate of drug-likeness (QED) is 0.722. The molecule has 0 unspecified atom stereocenters. The Morgan fingerprint density at radius 3 is 2.87 bits per heavy atom. The molecule has 0 saturated heterocycles. The van der Waals surface area contributed by atoms with E-state index in [0.717, 1.165) is 28.4 Å². The Morgan fingerprint density at radius 2 is 2.13 bits per heavy atom. The van der Waals surface area contributed by atoms with Gasteiger partial charge < -0.3 is 10.4 Å². The molecule has 3 aromatic rings. The normalized spacial score (nSPS) is 11.2. The van der Waals surface area contributed by atoms with Crippen molar-refractivity contribution in [1.29, 1.82) is 0 Å². The summed E-state index contributed by atoms with van der Waals surface area (Å²) in [6.45, 7) is 2.03. The first kappa shape index (κ1) is 15.0. The van der Waals surface area contributed by atoms with E-state index in [2.05, 4.69) is 10.3 Å². The van der Waals surface area contributed by atoms with Crippen molar-refractivity contribution in [3.63, 3.8) is 0 Å². The largest absolute Gasteiger partial charge is 0.478 e. The van der Waals surface area contributed by atoms with Crippen LogP contribution in [0.25, 0.3) is 16.2 Å². The van der Waals surface area contributed by atoms with Gasteiger partial charge in [0, 0.05) is 40.7 Å². The van der Waals surface area contributed by atoms with Gasteiger partial charge in [-0.05, 0) is 19.1 Å². The summed E-state index contributed by atoms with van der Waals surface area (Å²) in [6, 6.07) is 7.25. The highest BCUT2D eigenvalue weighted by Crippen LogP contribution is 2.25. The van der Waals surface area contributed by atoms with Crippen LogP contribution < -0.4 is 5.32 Å². The average Bonchev–Trinajstić information content (AvgIpc) is 3.02. The second-order valence-electron chi connectivity index (χ2n) is 4.90. The van der Waals surface area contributed by atoms with Crippen LogP contribution >= 0.6 is 11.3 Å². The molecule has 23 heavy (non-hydrogen) atoms. The van der Waals surface area contributed by atoms with Crippen molar-refractivity contribution < 1.29 is 14.7 Å². The van der Waals surface area contributed by atoms with Crippen LogP contribution in [-0.4, -0.2) is 26.4 Å². The molecule has 0 bridgehead atoms. The molecule has 0 spiro atoms. The van der Waals surface area contributed by atoms with Gasteiger partial charge in [-0.25, -0.2) is 9.78 Å². The highest BCUT2D eigenvalue weighted by atomic mass is 32.1. The molecule has 0 atom stereocenters. The van der Waals surface area contributed by atoms with Crippen LogP contribution in [0.5, 0.6) is 0 Å². The number of aryl methyl sites for hydroxylation is 1. The fourth-order valence-electron chi connectivity index (χ4n) is 2.14. The van der Waals surface area contributed by atoms with Crippen LogP contribution in [0.4, 0.5) is 5.69 Å². The van der Waals surface area contributed by atoms with Crippen molar-refractivity contribution >= 4 is 33.9 Å². The number of carbonyl (C=O) groups is 2. The number of anilines is 1. The summed E-state index contributed by atoms with van der Waals surface area (Å²) in [5.74, 6) is -1.66. The zero-order valence-corrected chi connectivity index (χ0v) is 13.0. The number of amides is 1. The summed E-state index contributed by atoms with van der Waals surface area (Å²) in [6.07, 6.45) is 5.72. The zero-order chi connectivity index (χ0) is 16.4. The number of nitrogens with one attached hydrogen (secondary N) is 1. The van der Waals surface area contributed by atoms with Crippen LogP contribution in [-0.2, 0) is 9.59 Å². The van der Waals surface area contributed by atoms with Crippen molar-refractivity contribution in [2.45, 2.75) is 6.92 Å². The molecule has 2 N–H and O–H groups in total. The molecular formula is C16H13N3O3S. The van der Waals surface area contributed by atoms with E-state index in [1.54, 1.807) is 23.5 Å². The molecule has 0 saturated carbocycles. The van der Waals surface area contributed by atoms with Crippen molar-refractivity contribution in [2.75, 3.05) is 5.32 Å². The molecule has 0 aliphatic rings. The van der Waals surface area contributed by atoms with E-state index in [9.17, 15) is 9.59 Å². The van der Waals surface area contributed by atoms with Crippen LogP contribution in [0.3, 0.4) is 0 Å². The molecule has 0 radical (unpaired) electrons. The maximum absolute atomic E-state index is 11.6. The summed E-state index contributed by atoms with van der Waals surface area (Å²) in [5, 5.41) is 11.1. The molecule has 0 fully saturated rings. The third-order valence-corrected chi connectivity index (χ3v) is 3.99. The number of rotatable bonds is 4. The molecule has 6 nitrogen and oxygen atoms in total. The van der Waals surface area contributed by atoms with Crippen LogP contribution in [0.15, 0.2) is 48.8 Å². The van der Waals surface area contributed by atoms with Gasteiger partial charge in [0.05, 0.1) is 5.69 Å². The summed E-state index contributed by atoms with van der Waals surface area (Å²) >= 11 is 1.61. The summed E-state index contributed by atoms with van der Waals surface area (Å²) in [4.78, 5) is 28.7. The Bertz CT molecular complexity index is 892. The number of hydrogen-bond donors (Lipinski definition) is 2. The lowest BCUT2D eigenvalue weighted by Gasteiger charge is -2.04. The molecule has 1 amide bonds. The van der Waals surface area contributed by atoms with Crippen LogP contribution in [0, 0.1) is 6.92 Å². The van der Waals surface area contributed by atoms with Gasteiger partial charge in [0.25, 0.3) is 0 Å². The van der Waals surface area contributed by atoms with Gasteiger partial charge in [0.2, 0.25) is 5.91 Å². The maximum atomic E-state index is 11.6. The van der Waals surface area contributed by atoms with Gasteiger partial charge in [0.1, 0.15) is 0 Å². The van der Waals surface area contributed by atoms with Gasteiger partial charge in [-0.3, -0.25) is 9.20 Å². The van der Waals surface area contributed by atoms with E-state index in [0.29, 0.717) is 5.69 Å². The van der Waals surface area contributed by atoms with E-state index >= 15 is 0 Å². The standard InChI is InChI=1S/C16H13N3O3S/c1-10-8-19-9-13(18-16(19)23-10)11-3-2-4-12(7-11)17-14(20)5-6-15(21)22/h2-9H,1H3,(H,17,20)(H,21,22)/b6-5+. The minimum Gasteiger partial charge on any atom is -0.478 e. The van der Waals surface area contributed by atoms with Gasteiger partial charge in [0.15, 0.2) is 4.96 Å². The van der Waals surface area contributed by atoms with Gasteiger partial charge >= 0.3 is 5.97 Å². The SMILES string of the molecule is Cc1cn2cc(-c3cccc(NC(=O)/C=C/C(=O)O)c3)nc2s1. The molecule has 7 heteroatoms. The minimum absolute atomic E-state index is 0.494. The molecule has 3 rings (SSSR count). The van der Waals surface area contributed by atoms with Gasteiger partial charge in [-0.15, -0.1) is 11.3 Å². The van der Waals surface area contributed by atoms with E-state index in [1.807, 2.05) is 35.9 Å². The molecule has 2 aromatic heterocycles. The van der Waals surface area contributed by atoms with Gasteiger partial charge in [-0.2, -0.15) is 0 Å². The second kappa shape index (κ2) is 6.05. The number of benzene rings is 1. The number of carboxylic acids is 1. The highest BCUT2D eigenvalue weighted by Gasteiger charge is 2.08. The first-order chi connectivity index (χ1) is 11.0. The van der Waals surface area contributed by atoms with E-state index < -0.39 is 11.9 Å². The lowest BCUT2D eigenvalue weighted by atomic mass is 10.1. The second-order valence-corrected chi connectivity index (χ2v) is 6.11. The lowest BCUT2D eigenvalue weighted by molar-refractivity contribution is -0.131. The highest BCUT2D eigenvalue weighted by molar-refractivity contribution is 7.17. The number of thiazole rings is 1. The fraction of sp³-hybridized carbons (Fsp3) is 0.0625. The molecule has 2 heterocycles. The summed E-state index contributed by atoms with van der Waals surface area (Å²) in [7, 11) is 0. The molecule has 0 aliphatic heterocycles. The Kier molecular flexibility index (Phi) is 3.94. The fourth-order valence-corrected chi connectivity index (χ4v) is 2.95. The molecule has 0 aliphatic carbocycles.